The van der Waals surface area contributed by atoms with Gasteiger partial charge in [-0.15, -0.1) is 0 Å². The Morgan fingerprint density at radius 2 is 2.03 bits per heavy atom. The molecule has 2 N–H and O–H groups in total. The molecular formula is C20H23F4N5O3S. The van der Waals surface area contributed by atoms with Crippen molar-refractivity contribution in [3.05, 3.63) is 40.6 Å². The largest absolute Gasteiger partial charge is 0.428 e. The molecule has 0 spiro atoms. The lowest BCUT2D eigenvalue weighted by Crippen LogP contribution is -2.47. The van der Waals surface area contributed by atoms with Crippen molar-refractivity contribution in [3.63, 3.8) is 0 Å². The van der Waals surface area contributed by atoms with Gasteiger partial charge in [0.1, 0.15) is 5.69 Å². The van der Waals surface area contributed by atoms with Crippen molar-refractivity contribution in [2.45, 2.75) is 62.4 Å². The average molecular weight is 489 g/mol. The van der Waals surface area contributed by atoms with Crippen LogP contribution in [0.15, 0.2) is 28.3 Å². The number of hydrogen-bond acceptors (Lipinski definition) is 5. The van der Waals surface area contributed by atoms with Gasteiger partial charge in [-0.3, -0.25) is 9.48 Å². The number of carbonyl (C=O) groups excluding carboxylic acids is 1. The number of pyridine rings is 1. The van der Waals surface area contributed by atoms with Crippen molar-refractivity contribution in [2.24, 2.45) is 10.4 Å². The Bertz CT molecular complexity index is 1290. The van der Waals surface area contributed by atoms with E-state index in [0.717, 1.165) is 23.2 Å². The van der Waals surface area contributed by atoms with Crippen LogP contribution in [0.3, 0.4) is 0 Å². The van der Waals surface area contributed by atoms with Gasteiger partial charge in [0.25, 0.3) is 12.3 Å². The minimum atomic E-state index is -3.38. The molecule has 0 bridgehead atoms. The summed E-state index contributed by atoms with van der Waals surface area (Å²) in [6.07, 6.45) is -0.541. The van der Waals surface area contributed by atoms with Crippen molar-refractivity contribution in [2.75, 3.05) is 6.26 Å². The summed E-state index contributed by atoms with van der Waals surface area (Å²) < 4.78 is 76.3. The molecule has 2 saturated carbocycles. The molecule has 33 heavy (non-hydrogen) atoms. The molecule has 2 aliphatic rings. The molecule has 1 unspecified atom stereocenters. The monoisotopic (exact) mass is 489 g/mol. The lowest BCUT2D eigenvalue weighted by molar-refractivity contribution is -0.160. The summed E-state index contributed by atoms with van der Waals surface area (Å²) in [4.78, 5) is 16.9. The number of nitrogens with one attached hydrogen (secondary N) is 1. The molecule has 2 fully saturated rings. The summed E-state index contributed by atoms with van der Waals surface area (Å²) in [5.41, 5.74) is -1.84. The molecule has 2 aliphatic carbocycles. The fourth-order valence-electron chi connectivity index (χ4n) is 4.37. The van der Waals surface area contributed by atoms with E-state index in [-0.39, 0.29) is 28.5 Å². The molecule has 2 aromatic heterocycles. The van der Waals surface area contributed by atoms with E-state index in [0.29, 0.717) is 17.6 Å². The highest BCUT2D eigenvalue weighted by Crippen LogP contribution is 2.53. The standard InChI is InChI=1S/C20H23F4N5O3S/c1-19(8-20(23,24)9-19)10-28-16(14(17(21)22)15(27-28)11-3-4-11)18(30)26-12-5-6-29(31)13(7-12)33(2,25)32/h5-7,11,17,25,31H,3-4,8-10H2,1-2H3. The van der Waals surface area contributed by atoms with Gasteiger partial charge in [0.2, 0.25) is 5.92 Å². The van der Waals surface area contributed by atoms with E-state index in [4.69, 9.17) is 4.78 Å². The van der Waals surface area contributed by atoms with Crippen LogP contribution in [0.25, 0.3) is 0 Å². The Morgan fingerprint density at radius 1 is 1.39 bits per heavy atom. The van der Waals surface area contributed by atoms with Gasteiger partial charge in [-0.25, -0.2) is 31.5 Å². The summed E-state index contributed by atoms with van der Waals surface area (Å²) in [5, 5.41) is 13.6. The quantitative estimate of drug-likeness (QED) is 0.473. The van der Waals surface area contributed by atoms with Crippen molar-refractivity contribution in [3.8, 4) is 0 Å². The van der Waals surface area contributed by atoms with Gasteiger partial charge in [0.15, 0.2) is 5.03 Å². The number of aromatic nitrogens is 3. The van der Waals surface area contributed by atoms with Gasteiger partial charge in [0.05, 0.1) is 26.3 Å². The van der Waals surface area contributed by atoms with Gasteiger partial charge in [-0.1, -0.05) is 6.92 Å². The van der Waals surface area contributed by atoms with Crippen LogP contribution in [0.1, 0.15) is 66.7 Å². The first-order valence-corrected chi connectivity index (χ1v) is 12.2. The van der Waals surface area contributed by atoms with Gasteiger partial charge in [-0.05, 0) is 24.3 Å². The Kier molecular flexibility index (Phi) is 5.45. The summed E-state index contributed by atoms with van der Waals surface area (Å²) in [5.74, 6) is -4.12. The van der Waals surface area contributed by atoms with Crippen LogP contribution in [0.4, 0.5) is 17.6 Å². The minimum absolute atomic E-state index is 0.0860. The zero-order valence-electron chi connectivity index (χ0n) is 17.9. The maximum absolute atomic E-state index is 14.0. The van der Waals surface area contributed by atoms with E-state index < -0.39 is 57.5 Å². The molecular weight excluding hydrogens is 466 g/mol. The number of nitrogens with zero attached hydrogens (tertiary/aromatic N) is 4. The maximum Gasteiger partial charge on any atom is 0.296 e. The lowest BCUT2D eigenvalue weighted by atomic mass is 9.67. The molecule has 13 heteroatoms. The average Bonchev–Trinajstić information content (AvgIpc) is 3.41. The van der Waals surface area contributed by atoms with Crippen LogP contribution >= 0.6 is 0 Å². The Morgan fingerprint density at radius 3 is 2.55 bits per heavy atom. The molecule has 2 aromatic rings. The van der Waals surface area contributed by atoms with Crippen LogP contribution in [0.5, 0.6) is 0 Å². The van der Waals surface area contributed by atoms with Crippen molar-refractivity contribution < 1.29 is 31.8 Å². The van der Waals surface area contributed by atoms with E-state index in [1.165, 1.54) is 6.07 Å². The van der Waals surface area contributed by atoms with E-state index in [1.807, 2.05) is 0 Å². The molecule has 1 atom stereocenters. The van der Waals surface area contributed by atoms with Gasteiger partial charge in [-0.2, -0.15) is 9.83 Å². The van der Waals surface area contributed by atoms with Crippen LogP contribution < -0.4 is 5.36 Å². The Balaban J connectivity index is 1.80. The van der Waals surface area contributed by atoms with Gasteiger partial charge in [0, 0.05) is 43.8 Å². The third-order valence-electron chi connectivity index (χ3n) is 5.82. The molecule has 180 valence electrons. The van der Waals surface area contributed by atoms with Crippen molar-refractivity contribution in [1.82, 2.24) is 14.5 Å². The smallest absolute Gasteiger partial charge is 0.296 e. The molecule has 0 radical (unpaired) electrons. The predicted molar refractivity (Wildman–Crippen MR) is 108 cm³/mol. The lowest BCUT2D eigenvalue weighted by Gasteiger charge is -2.44. The molecule has 0 aliphatic heterocycles. The highest BCUT2D eigenvalue weighted by Gasteiger charge is 2.54. The number of alkyl halides is 4. The first kappa shape index (κ1) is 23.5. The third-order valence-corrected chi connectivity index (χ3v) is 6.92. The van der Waals surface area contributed by atoms with E-state index >= 15 is 0 Å². The highest BCUT2D eigenvalue weighted by molar-refractivity contribution is 7.91. The molecule has 0 saturated heterocycles. The van der Waals surface area contributed by atoms with E-state index in [9.17, 15) is 31.8 Å². The molecule has 0 aromatic carbocycles. The predicted octanol–water partition coefficient (Wildman–Crippen LogP) is 3.95. The van der Waals surface area contributed by atoms with Crippen LogP contribution in [-0.2, 0) is 16.3 Å². The summed E-state index contributed by atoms with van der Waals surface area (Å²) in [6.45, 7) is 1.45. The van der Waals surface area contributed by atoms with Crippen LogP contribution in [0, 0.1) is 10.2 Å². The first-order chi connectivity index (χ1) is 15.2. The number of amides is 1. The van der Waals surface area contributed by atoms with Crippen molar-refractivity contribution in [1.29, 1.82) is 4.78 Å². The number of carbonyl (C=O) groups is 1. The zero-order valence-corrected chi connectivity index (χ0v) is 18.7. The zero-order chi connectivity index (χ0) is 24.3. The Labute approximate surface area is 186 Å². The SMILES string of the molecule is CC1(Cn2nc(C3CC3)c(C(F)F)c2C(=O)N=c2ccn(O)c(S(C)(=N)=O)c2)CC(F)(F)C1. The summed E-state index contributed by atoms with van der Waals surface area (Å²) in [7, 11) is -3.38. The number of hydrogen-bond donors (Lipinski definition) is 2. The summed E-state index contributed by atoms with van der Waals surface area (Å²) in [6, 6.07) is 2.23. The maximum atomic E-state index is 14.0. The van der Waals surface area contributed by atoms with Crippen molar-refractivity contribution >= 4 is 15.6 Å². The minimum Gasteiger partial charge on any atom is -0.428 e. The summed E-state index contributed by atoms with van der Waals surface area (Å²) >= 11 is 0. The number of halogens is 4. The second-order valence-electron chi connectivity index (χ2n) is 9.23. The highest BCUT2D eigenvalue weighted by atomic mass is 32.2. The van der Waals surface area contributed by atoms with Gasteiger partial charge < -0.3 is 5.21 Å². The fourth-order valence-corrected chi connectivity index (χ4v) is 5.13. The second-order valence-corrected chi connectivity index (χ2v) is 11.3. The van der Waals surface area contributed by atoms with Crippen LogP contribution in [0.2, 0.25) is 0 Å². The topological polar surface area (TPSA) is 113 Å². The molecule has 2 heterocycles. The van der Waals surface area contributed by atoms with E-state index in [2.05, 4.69) is 10.1 Å². The van der Waals surface area contributed by atoms with Gasteiger partial charge >= 0.3 is 0 Å². The fraction of sp³-hybridized carbons (Fsp3) is 0.550. The first-order valence-electron chi connectivity index (χ1n) is 10.2. The molecule has 8 nitrogen and oxygen atoms in total. The van der Waals surface area contributed by atoms with Crippen LogP contribution in [-0.4, -0.2) is 42.0 Å². The third kappa shape index (κ3) is 4.68. The van der Waals surface area contributed by atoms with E-state index in [1.54, 1.807) is 6.92 Å². The molecule has 4 rings (SSSR count). The second kappa shape index (κ2) is 7.67. The molecule has 1 amide bonds. The number of rotatable bonds is 6. The Hall–Kier alpha value is -2.70. The normalized spacial score (nSPS) is 21.6.